The molecule has 2 heterocycles. The maximum absolute atomic E-state index is 14.4. The fourth-order valence-corrected chi connectivity index (χ4v) is 9.33. The summed E-state index contributed by atoms with van der Waals surface area (Å²) in [6.45, 7) is 12.0. The standard InChI is InChI=1S/C37H50O17/c1-9-17(2)22(41)12-28(45)52-32-31(50-16-39)30(18(3)37(48)24(42)11-21(36(32,37)7)20-10-27(44)53-33(20)47)35(6,23-13-29(46)54-34(23,5)15-38)25(51-19(4)40)14-26(43)49-8/h10,16-17,21-23,25,30-33,38,41,47-48H,3,9,11-15H2,1-2,4-8H3. The maximum atomic E-state index is 14.4. The monoisotopic (exact) mass is 766 g/mol. The van der Waals surface area contributed by atoms with Crippen LogP contribution in [0.15, 0.2) is 23.8 Å². The minimum absolute atomic E-state index is 0.00126. The Labute approximate surface area is 311 Å². The number of ketones is 1. The molecule has 2 aliphatic carbocycles. The van der Waals surface area contributed by atoms with Crippen molar-refractivity contribution in [3.63, 3.8) is 0 Å². The summed E-state index contributed by atoms with van der Waals surface area (Å²) < 4.78 is 33.0. The van der Waals surface area contributed by atoms with E-state index in [2.05, 4.69) is 6.58 Å². The molecular formula is C37H50O17. The van der Waals surface area contributed by atoms with Gasteiger partial charge in [-0.2, -0.15) is 0 Å². The molecule has 0 aromatic rings. The molecule has 2 saturated carbocycles. The molecule has 54 heavy (non-hydrogen) atoms. The summed E-state index contributed by atoms with van der Waals surface area (Å²) in [5.74, 6) is -10.2. The summed E-state index contributed by atoms with van der Waals surface area (Å²) in [5, 5.41) is 45.2. The molecule has 4 aliphatic rings. The number of carbonyl (C=O) groups excluding carboxylic acids is 7. The second kappa shape index (κ2) is 15.5. The third-order valence-corrected chi connectivity index (χ3v) is 12.5. The highest BCUT2D eigenvalue weighted by Crippen LogP contribution is 2.67. The molecule has 2 aliphatic heterocycles. The lowest BCUT2D eigenvalue weighted by molar-refractivity contribution is -0.239. The molecule has 0 spiro atoms. The van der Waals surface area contributed by atoms with E-state index >= 15 is 0 Å². The van der Waals surface area contributed by atoms with Gasteiger partial charge in [0.05, 0.1) is 44.5 Å². The fourth-order valence-electron chi connectivity index (χ4n) is 9.33. The lowest BCUT2D eigenvalue weighted by Gasteiger charge is -2.61. The topological polar surface area (TPSA) is 256 Å². The van der Waals surface area contributed by atoms with E-state index in [0.29, 0.717) is 6.42 Å². The van der Waals surface area contributed by atoms with Gasteiger partial charge in [-0.1, -0.05) is 40.7 Å². The van der Waals surface area contributed by atoms with Gasteiger partial charge >= 0.3 is 29.8 Å². The summed E-state index contributed by atoms with van der Waals surface area (Å²) in [5.41, 5.74) is -9.16. The molecule has 0 radical (unpaired) electrons. The maximum Gasteiger partial charge on any atom is 0.333 e. The van der Waals surface area contributed by atoms with Crippen molar-refractivity contribution in [2.75, 3.05) is 13.7 Å². The van der Waals surface area contributed by atoms with Gasteiger partial charge in [-0.25, -0.2) is 4.79 Å². The second-order valence-electron chi connectivity index (χ2n) is 15.3. The van der Waals surface area contributed by atoms with Crippen LogP contribution in [0.2, 0.25) is 0 Å². The Hall–Kier alpha value is -4.19. The predicted molar refractivity (Wildman–Crippen MR) is 180 cm³/mol. The van der Waals surface area contributed by atoms with E-state index in [-0.39, 0.29) is 23.5 Å². The molecule has 3 fully saturated rings. The Bertz CT molecular complexity index is 1600. The molecule has 4 N–H and O–H groups in total. The zero-order valence-electron chi connectivity index (χ0n) is 31.4. The normalized spacial score (nSPS) is 36.1. The van der Waals surface area contributed by atoms with E-state index in [0.717, 1.165) is 20.1 Å². The largest absolute Gasteiger partial charge is 0.469 e. The van der Waals surface area contributed by atoms with Crippen LogP contribution in [0.5, 0.6) is 0 Å². The van der Waals surface area contributed by atoms with Crippen LogP contribution in [0, 0.1) is 34.5 Å². The van der Waals surface area contributed by atoms with Crippen LogP contribution in [-0.2, 0) is 62.0 Å². The highest BCUT2D eigenvalue weighted by molar-refractivity contribution is 5.96. The Kier molecular flexibility index (Phi) is 12.2. The Morgan fingerprint density at radius 1 is 1.15 bits per heavy atom. The summed E-state index contributed by atoms with van der Waals surface area (Å²) in [4.78, 5) is 91.8. The zero-order valence-corrected chi connectivity index (χ0v) is 31.4. The lowest BCUT2D eigenvalue weighted by Crippen LogP contribution is -2.72. The van der Waals surface area contributed by atoms with E-state index in [1.165, 1.54) is 20.8 Å². The van der Waals surface area contributed by atoms with Gasteiger partial charge in [-0.15, -0.1) is 0 Å². The number of carbonyl (C=O) groups is 7. The smallest absolute Gasteiger partial charge is 0.333 e. The number of fused-ring (bicyclic) bond motifs is 1. The number of methoxy groups -OCH3 is 1. The number of hydrogen-bond acceptors (Lipinski definition) is 17. The lowest BCUT2D eigenvalue weighted by atomic mass is 9.46. The SMILES string of the molecule is C=C1C(C(C)(C(CC(=O)OC)OC(C)=O)C2CC(=O)OC2(C)CO)C(OC=O)C(OC(=O)CC(O)C(C)CC)C2(C)C(C3=CC(=O)OC3O)CC(=O)C12O. The van der Waals surface area contributed by atoms with Crippen molar-refractivity contribution >= 4 is 42.1 Å². The first-order valence-corrected chi connectivity index (χ1v) is 17.7. The van der Waals surface area contributed by atoms with Crippen molar-refractivity contribution in [1.29, 1.82) is 0 Å². The molecule has 0 aromatic carbocycles. The van der Waals surface area contributed by atoms with Crippen molar-refractivity contribution in [3.05, 3.63) is 23.8 Å². The molecule has 17 heteroatoms. The van der Waals surface area contributed by atoms with E-state index in [1.54, 1.807) is 13.8 Å². The first-order chi connectivity index (χ1) is 25.1. The fraction of sp³-hybridized carbons (Fsp3) is 0.703. The van der Waals surface area contributed by atoms with Crippen molar-refractivity contribution in [2.24, 2.45) is 34.5 Å². The van der Waals surface area contributed by atoms with Crippen molar-refractivity contribution in [3.8, 4) is 0 Å². The van der Waals surface area contributed by atoms with Gasteiger partial charge in [0.15, 0.2) is 11.4 Å². The average Bonchev–Trinajstić information content (AvgIpc) is 3.68. The highest BCUT2D eigenvalue weighted by Gasteiger charge is 2.78. The van der Waals surface area contributed by atoms with Crippen LogP contribution in [0.4, 0.5) is 0 Å². The van der Waals surface area contributed by atoms with Gasteiger partial charge in [-0.05, 0) is 18.4 Å². The summed E-state index contributed by atoms with van der Waals surface area (Å²) in [6.07, 6.45) is -9.36. The second-order valence-corrected chi connectivity index (χ2v) is 15.3. The van der Waals surface area contributed by atoms with Crippen molar-refractivity contribution in [1.82, 2.24) is 0 Å². The summed E-state index contributed by atoms with van der Waals surface area (Å²) in [7, 11) is 1.07. The van der Waals surface area contributed by atoms with E-state index in [9.17, 15) is 54.0 Å². The van der Waals surface area contributed by atoms with Crippen LogP contribution in [0.25, 0.3) is 0 Å². The quantitative estimate of drug-likeness (QED) is 0.0760. The van der Waals surface area contributed by atoms with Crippen LogP contribution < -0.4 is 0 Å². The summed E-state index contributed by atoms with van der Waals surface area (Å²) >= 11 is 0. The molecular weight excluding hydrogens is 716 g/mol. The van der Waals surface area contributed by atoms with Crippen LogP contribution in [0.1, 0.15) is 73.6 Å². The zero-order chi connectivity index (χ0) is 40.7. The van der Waals surface area contributed by atoms with Gasteiger partial charge < -0.3 is 48.8 Å². The third kappa shape index (κ3) is 6.83. The molecule has 300 valence electrons. The van der Waals surface area contributed by atoms with Gasteiger partial charge in [0, 0.05) is 48.2 Å². The number of Topliss-reactive ketones (excluding diaryl/α,β-unsaturated/α-hetero) is 1. The van der Waals surface area contributed by atoms with E-state index in [4.69, 9.17) is 28.4 Å². The van der Waals surface area contributed by atoms with Gasteiger partial charge in [0.2, 0.25) is 6.29 Å². The van der Waals surface area contributed by atoms with Gasteiger partial charge in [0.1, 0.15) is 23.9 Å². The third-order valence-electron chi connectivity index (χ3n) is 12.5. The first kappa shape index (κ1) is 42.6. The van der Waals surface area contributed by atoms with Crippen molar-refractivity contribution in [2.45, 2.75) is 116 Å². The molecule has 0 bridgehead atoms. The number of ether oxygens (including phenoxy) is 6. The molecule has 13 unspecified atom stereocenters. The minimum atomic E-state index is -2.76. The van der Waals surface area contributed by atoms with Crippen LogP contribution in [-0.4, -0.2) is 118 Å². The number of rotatable bonds is 15. The molecule has 1 saturated heterocycles. The number of esters is 5. The minimum Gasteiger partial charge on any atom is -0.469 e. The summed E-state index contributed by atoms with van der Waals surface area (Å²) in [6, 6.07) is 0. The molecule has 0 amide bonds. The number of aliphatic hydroxyl groups excluding tert-OH is 3. The molecule has 13 atom stereocenters. The number of aliphatic hydroxyl groups is 4. The van der Waals surface area contributed by atoms with Gasteiger partial charge in [-0.3, -0.25) is 28.8 Å². The Morgan fingerprint density at radius 2 is 1.80 bits per heavy atom. The predicted octanol–water partition coefficient (Wildman–Crippen LogP) is 0.366. The number of cyclic esters (lactones) is 2. The van der Waals surface area contributed by atoms with Crippen LogP contribution in [0.3, 0.4) is 0 Å². The van der Waals surface area contributed by atoms with Gasteiger partial charge in [0.25, 0.3) is 6.47 Å². The molecule has 17 nitrogen and oxygen atoms in total. The van der Waals surface area contributed by atoms with Crippen LogP contribution >= 0.6 is 0 Å². The number of hydrogen-bond donors (Lipinski definition) is 4. The Balaban J connectivity index is 2.09. The highest BCUT2D eigenvalue weighted by atomic mass is 16.6. The molecule has 0 aromatic heterocycles. The molecule has 4 rings (SSSR count). The van der Waals surface area contributed by atoms with E-state index in [1.807, 2.05) is 0 Å². The van der Waals surface area contributed by atoms with Crippen molar-refractivity contribution < 1.29 is 82.4 Å². The average molecular weight is 767 g/mol. The Morgan fingerprint density at radius 3 is 2.31 bits per heavy atom. The van der Waals surface area contributed by atoms with E-state index < -0.39 is 138 Å². The first-order valence-electron chi connectivity index (χ1n) is 17.7.